The number of halogens is 1. The van der Waals surface area contributed by atoms with Crippen LogP contribution in [-0.4, -0.2) is 76.8 Å². The third kappa shape index (κ3) is 10.5. The fraction of sp³-hybridized carbons (Fsp3) is 0.281. The zero-order chi connectivity index (χ0) is 30.6. The van der Waals surface area contributed by atoms with E-state index in [1.54, 1.807) is 42.6 Å². The number of Topliss-reactive ketones (excluding diaryl/α,β-unsaturated/α-hetero) is 1. The third-order valence-corrected chi connectivity index (χ3v) is 7.75. The molecule has 11 heteroatoms. The molecule has 0 spiro atoms. The average Bonchev–Trinajstić information content (AvgIpc) is 3.40. The highest BCUT2D eigenvalue weighted by molar-refractivity contribution is 7.12. The minimum atomic E-state index is -1.26. The zero-order valence-corrected chi connectivity index (χ0v) is 25.7. The lowest BCUT2D eigenvalue weighted by Crippen LogP contribution is -2.27. The average molecular weight is 629 g/mol. The Balaban J connectivity index is 0.000000261. The van der Waals surface area contributed by atoms with Gasteiger partial charge in [-0.15, -0.1) is 23.7 Å². The molecule has 5 N–H and O–H groups in total. The number of phenols is 1. The van der Waals surface area contributed by atoms with Crippen molar-refractivity contribution >= 4 is 47.0 Å². The largest absolute Gasteiger partial charge is 0.508 e. The summed E-state index contributed by atoms with van der Waals surface area (Å²) in [5, 5.41) is 39.1. The summed E-state index contributed by atoms with van der Waals surface area (Å²) in [6, 6.07) is 17.2. The van der Waals surface area contributed by atoms with Crippen molar-refractivity contribution in [3.05, 3.63) is 105 Å². The van der Waals surface area contributed by atoms with E-state index < -0.39 is 18.0 Å². The molecule has 2 aromatic carbocycles. The predicted molar refractivity (Wildman–Crippen MR) is 170 cm³/mol. The second kappa shape index (κ2) is 17.3. The quantitative estimate of drug-likeness (QED) is 0.252. The lowest BCUT2D eigenvalue weighted by Gasteiger charge is -2.27. The summed E-state index contributed by atoms with van der Waals surface area (Å²) in [6.07, 6.45) is 3.29. The SMILES string of the molecule is CN1CCC(=C2c3ccccc3CC(=O)c3sccc32)CC1.CNC[C@H](O)c1cccc(O)c1.Cl.O=C(O)/C=C/C(=O)O. The summed E-state index contributed by atoms with van der Waals surface area (Å²) in [7, 11) is 3.95. The number of fused-ring (bicyclic) bond motifs is 2. The lowest BCUT2D eigenvalue weighted by atomic mass is 9.88. The molecule has 0 saturated carbocycles. The van der Waals surface area contributed by atoms with Crippen LogP contribution in [-0.2, 0) is 16.0 Å². The number of benzene rings is 2. The van der Waals surface area contributed by atoms with Crippen LogP contribution in [0.15, 0.2) is 77.7 Å². The molecule has 2 aliphatic rings. The molecule has 0 bridgehead atoms. The number of carbonyl (C=O) groups is 3. The molecule has 1 fully saturated rings. The number of carboxylic acid groups (broad SMARTS) is 2. The number of carboxylic acids is 2. The Hall–Kier alpha value is -3.80. The first-order chi connectivity index (χ1) is 20.1. The number of aromatic hydroxyl groups is 1. The number of piperidine rings is 1. The Morgan fingerprint density at radius 2 is 1.65 bits per heavy atom. The number of hydrogen-bond donors (Lipinski definition) is 5. The van der Waals surface area contributed by atoms with E-state index in [9.17, 15) is 19.5 Å². The predicted octanol–water partition coefficient (Wildman–Crippen LogP) is 4.79. The van der Waals surface area contributed by atoms with Crippen LogP contribution < -0.4 is 5.32 Å². The van der Waals surface area contributed by atoms with Crippen LogP contribution >= 0.6 is 23.7 Å². The van der Waals surface area contributed by atoms with E-state index in [1.165, 1.54) is 27.8 Å². The maximum absolute atomic E-state index is 12.6. The van der Waals surface area contributed by atoms with Crippen molar-refractivity contribution in [2.75, 3.05) is 33.7 Å². The molecule has 230 valence electrons. The first kappa shape index (κ1) is 35.4. The highest BCUT2D eigenvalue weighted by atomic mass is 35.5. The second-order valence-electron chi connectivity index (χ2n) is 9.88. The fourth-order valence-electron chi connectivity index (χ4n) is 4.74. The molecule has 1 aromatic heterocycles. The molecule has 1 aliphatic heterocycles. The van der Waals surface area contributed by atoms with E-state index in [0.29, 0.717) is 25.1 Å². The molecule has 1 aliphatic carbocycles. The molecule has 3 aromatic rings. The number of likely N-dealkylation sites (tertiary alicyclic amines) is 1. The number of aliphatic hydroxyl groups is 1. The smallest absolute Gasteiger partial charge is 0.328 e. The Morgan fingerprint density at radius 3 is 2.26 bits per heavy atom. The number of ketones is 1. The van der Waals surface area contributed by atoms with Gasteiger partial charge in [0.15, 0.2) is 5.78 Å². The van der Waals surface area contributed by atoms with Gasteiger partial charge in [-0.2, -0.15) is 0 Å². The first-order valence-electron chi connectivity index (χ1n) is 13.5. The van der Waals surface area contributed by atoms with E-state index in [-0.39, 0.29) is 23.9 Å². The Kier molecular flexibility index (Phi) is 14.3. The van der Waals surface area contributed by atoms with Crippen molar-refractivity contribution in [3.63, 3.8) is 0 Å². The van der Waals surface area contributed by atoms with Crippen LogP contribution in [0.1, 0.15) is 50.9 Å². The summed E-state index contributed by atoms with van der Waals surface area (Å²) < 4.78 is 0. The number of likely N-dealkylation sites (N-methyl/N-ethyl adjacent to an activating group) is 1. The summed E-state index contributed by atoms with van der Waals surface area (Å²) in [5.41, 5.74) is 7.19. The Labute approximate surface area is 261 Å². The number of rotatable bonds is 5. The van der Waals surface area contributed by atoms with E-state index in [4.69, 9.17) is 15.3 Å². The minimum absolute atomic E-state index is 0. The normalized spacial score (nSPS) is 15.0. The van der Waals surface area contributed by atoms with E-state index in [0.717, 1.165) is 36.4 Å². The standard InChI is InChI=1S/C19H19NOS.C9H13NO2.C4H4O4.ClH/c1-20-9-6-13(7-10-20)18-15-5-3-2-4-14(15)12-17(21)19-16(18)8-11-22-19;1-10-6-9(12)7-3-2-4-8(11)5-7;5-3(6)1-2-4(7)8;/h2-5,8,11H,6-7,9-10,12H2,1H3;2-5,9-12H,6H2,1H3;1-2H,(H,5,6)(H,7,8);1H/b;;2-1+;/t;9-;;/m.0../s1. The van der Waals surface area contributed by atoms with Crippen molar-refractivity contribution in [2.45, 2.75) is 25.4 Å². The molecule has 5 rings (SSSR count). The van der Waals surface area contributed by atoms with Gasteiger partial charge in [-0.1, -0.05) is 42.0 Å². The van der Waals surface area contributed by atoms with Gasteiger partial charge in [0.25, 0.3) is 0 Å². The van der Waals surface area contributed by atoms with Crippen LogP contribution in [0, 0.1) is 0 Å². The van der Waals surface area contributed by atoms with E-state index in [2.05, 4.69) is 46.9 Å². The highest BCUT2D eigenvalue weighted by Gasteiger charge is 2.27. The van der Waals surface area contributed by atoms with Gasteiger partial charge in [-0.05, 0) is 72.8 Å². The van der Waals surface area contributed by atoms with Crippen molar-refractivity contribution in [1.82, 2.24) is 10.2 Å². The van der Waals surface area contributed by atoms with Gasteiger partial charge in [0.1, 0.15) is 5.75 Å². The molecular formula is C32H37ClN2O7S. The lowest BCUT2D eigenvalue weighted by molar-refractivity contribution is -0.134. The number of aliphatic carboxylic acids is 2. The summed E-state index contributed by atoms with van der Waals surface area (Å²) in [4.78, 5) is 35.0. The maximum atomic E-state index is 12.6. The fourth-order valence-corrected chi connectivity index (χ4v) is 5.58. The first-order valence-corrected chi connectivity index (χ1v) is 14.3. The number of nitrogens with zero attached hydrogens (tertiary/aromatic N) is 1. The van der Waals surface area contributed by atoms with Crippen LogP contribution in [0.5, 0.6) is 5.75 Å². The van der Waals surface area contributed by atoms with Gasteiger partial charge in [-0.3, -0.25) is 4.79 Å². The van der Waals surface area contributed by atoms with E-state index >= 15 is 0 Å². The second-order valence-corrected chi connectivity index (χ2v) is 10.8. The van der Waals surface area contributed by atoms with Crippen LogP contribution in [0.3, 0.4) is 0 Å². The molecule has 0 radical (unpaired) electrons. The molecular weight excluding hydrogens is 592 g/mol. The zero-order valence-electron chi connectivity index (χ0n) is 24.0. The van der Waals surface area contributed by atoms with Gasteiger partial charge in [0.2, 0.25) is 0 Å². The Bertz CT molecular complexity index is 1440. The van der Waals surface area contributed by atoms with Crippen molar-refractivity contribution < 1.29 is 34.8 Å². The van der Waals surface area contributed by atoms with Gasteiger partial charge in [0.05, 0.1) is 11.0 Å². The minimum Gasteiger partial charge on any atom is -0.508 e. The summed E-state index contributed by atoms with van der Waals surface area (Å²) in [6.45, 7) is 2.70. The maximum Gasteiger partial charge on any atom is 0.328 e. The highest BCUT2D eigenvalue weighted by Crippen LogP contribution is 2.40. The number of nitrogens with one attached hydrogen (secondary N) is 1. The molecule has 43 heavy (non-hydrogen) atoms. The number of hydrogen-bond acceptors (Lipinski definition) is 8. The number of aliphatic hydroxyl groups excluding tert-OH is 1. The van der Waals surface area contributed by atoms with Gasteiger partial charge < -0.3 is 30.6 Å². The van der Waals surface area contributed by atoms with Crippen LogP contribution in [0.4, 0.5) is 0 Å². The number of thiophene rings is 1. The Morgan fingerprint density at radius 1 is 1.00 bits per heavy atom. The van der Waals surface area contributed by atoms with Crippen molar-refractivity contribution in [2.24, 2.45) is 0 Å². The monoisotopic (exact) mass is 628 g/mol. The van der Waals surface area contributed by atoms with Gasteiger partial charge >= 0.3 is 11.9 Å². The van der Waals surface area contributed by atoms with E-state index in [1.807, 2.05) is 6.07 Å². The molecule has 2 heterocycles. The molecule has 1 saturated heterocycles. The van der Waals surface area contributed by atoms with Gasteiger partial charge in [0, 0.05) is 43.8 Å². The number of phenolic OH excluding ortho intramolecular Hbond substituents is 1. The third-order valence-electron chi connectivity index (χ3n) is 6.79. The van der Waals surface area contributed by atoms with Crippen molar-refractivity contribution in [1.29, 1.82) is 0 Å². The van der Waals surface area contributed by atoms with Crippen LogP contribution in [0.2, 0.25) is 0 Å². The summed E-state index contributed by atoms with van der Waals surface area (Å²) >= 11 is 1.59. The molecule has 0 amide bonds. The molecule has 1 atom stereocenters. The van der Waals surface area contributed by atoms with Gasteiger partial charge in [-0.25, -0.2) is 9.59 Å². The topological polar surface area (TPSA) is 147 Å². The molecule has 9 nitrogen and oxygen atoms in total. The summed E-state index contributed by atoms with van der Waals surface area (Å²) in [5.74, 6) is -2.07. The van der Waals surface area contributed by atoms with Crippen molar-refractivity contribution in [3.8, 4) is 5.75 Å². The van der Waals surface area contributed by atoms with Crippen LogP contribution in [0.25, 0.3) is 5.57 Å². The number of carbonyl (C=O) groups excluding carboxylic acids is 1. The molecule has 0 unspecified atom stereocenters.